The Morgan fingerprint density at radius 3 is 2.60 bits per heavy atom. The van der Waals surface area contributed by atoms with Crippen LogP contribution < -0.4 is 9.47 Å². The van der Waals surface area contributed by atoms with Gasteiger partial charge in [-0.2, -0.15) is 0 Å². The Morgan fingerprint density at radius 1 is 1.20 bits per heavy atom. The van der Waals surface area contributed by atoms with E-state index in [1.165, 1.54) is 0 Å². The van der Waals surface area contributed by atoms with Gasteiger partial charge in [0.25, 0.3) is 5.91 Å². The number of benzene rings is 1. The molecule has 0 atom stereocenters. The van der Waals surface area contributed by atoms with Crippen molar-refractivity contribution in [2.24, 2.45) is 5.92 Å². The number of carbonyl (C=O) groups is 1. The molecule has 2 fully saturated rings. The number of likely N-dealkylation sites (tertiary alicyclic amines) is 1. The zero-order valence-electron chi connectivity index (χ0n) is 11.2. The van der Waals surface area contributed by atoms with Crippen LogP contribution in [0.3, 0.4) is 0 Å². The van der Waals surface area contributed by atoms with Crippen LogP contribution in [0.4, 0.5) is 0 Å². The van der Waals surface area contributed by atoms with Crippen LogP contribution in [-0.4, -0.2) is 47.8 Å². The number of amides is 1. The van der Waals surface area contributed by atoms with E-state index in [1.807, 2.05) is 0 Å². The van der Waals surface area contributed by atoms with Crippen molar-refractivity contribution in [1.29, 1.82) is 0 Å². The second-order valence-corrected chi connectivity index (χ2v) is 5.90. The van der Waals surface area contributed by atoms with Crippen LogP contribution in [0, 0.1) is 5.92 Å². The topological polar surface area (TPSA) is 59.0 Å². The fourth-order valence-electron chi connectivity index (χ4n) is 3.00. The molecule has 0 radical (unpaired) electrons. The van der Waals surface area contributed by atoms with Crippen molar-refractivity contribution in [3.63, 3.8) is 0 Å². The summed E-state index contributed by atoms with van der Waals surface area (Å²) < 4.78 is 10.9. The minimum Gasteiger partial charge on any atom is -0.486 e. The quantitative estimate of drug-likeness (QED) is 0.876. The van der Waals surface area contributed by atoms with Crippen molar-refractivity contribution in [1.82, 2.24) is 4.90 Å². The van der Waals surface area contributed by atoms with Crippen molar-refractivity contribution in [2.45, 2.75) is 18.4 Å². The second kappa shape index (κ2) is 4.12. The highest BCUT2D eigenvalue weighted by Gasteiger charge is 2.53. The van der Waals surface area contributed by atoms with E-state index in [9.17, 15) is 9.90 Å². The summed E-state index contributed by atoms with van der Waals surface area (Å²) in [7, 11) is 0. The number of fused-ring (bicyclic) bond motifs is 1. The van der Waals surface area contributed by atoms with Gasteiger partial charge in [0.05, 0.1) is 13.1 Å². The first kappa shape index (κ1) is 12.0. The highest BCUT2D eigenvalue weighted by atomic mass is 16.6. The summed E-state index contributed by atoms with van der Waals surface area (Å²) >= 11 is 0. The van der Waals surface area contributed by atoms with E-state index >= 15 is 0 Å². The van der Waals surface area contributed by atoms with Crippen LogP contribution in [0.15, 0.2) is 18.2 Å². The highest BCUT2D eigenvalue weighted by molar-refractivity contribution is 5.95. The van der Waals surface area contributed by atoms with Gasteiger partial charge in [-0.3, -0.25) is 4.79 Å². The molecule has 4 rings (SSSR count). The molecule has 0 aromatic heterocycles. The third kappa shape index (κ3) is 1.85. The Morgan fingerprint density at radius 2 is 1.90 bits per heavy atom. The van der Waals surface area contributed by atoms with Gasteiger partial charge in [0.15, 0.2) is 11.5 Å². The van der Waals surface area contributed by atoms with Crippen molar-refractivity contribution >= 4 is 5.91 Å². The highest BCUT2D eigenvalue weighted by Crippen LogP contribution is 2.45. The van der Waals surface area contributed by atoms with E-state index in [1.54, 1.807) is 23.1 Å². The smallest absolute Gasteiger partial charge is 0.254 e. The van der Waals surface area contributed by atoms with Gasteiger partial charge in [-0.15, -0.1) is 0 Å². The van der Waals surface area contributed by atoms with E-state index in [2.05, 4.69) is 0 Å². The van der Waals surface area contributed by atoms with Gasteiger partial charge in [-0.1, -0.05) is 0 Å². The number of hydrogen-bond donors (Lipinski definition) is 1. The molecule has 2 heterocycles. The Labute approximate surface area is 117 Å². The number of carbonyl (C=O) groups excluding carboxylic acids is 1. The molecule has 1 aromatic rings. The molecule has 5 heteroatoms. The zero-order chi connectivity index (χ0) is 13.7. The SMILES string of the molecule is O=C(c1ccc2c(c1)OCCO2)N1CC(O)(C2CC2)C1. The van der Waals surface area contributed by atoms with Crippen LogP contribution in [-0.2, 0) is 0 Å². The van der Waals surface area contributed by atoms with Crippen molar-refractivity contribution in [2.75, 3.05) is 26.3 Å². The van der Waals surface area contributed by atoms with Crippen LogP contribution in [0.25, 0.3) is 0 Å². The average molecular weight is 275 g/mol. The monoisotopic (exact) mass is 275 g/mol. The molecular weight excluding hydrogens is 258 g/mol. The predicted molar refractivity (Wildman–Crippen MR) is 71.0 cm³/mol. The number of rotatable bonds is 2. The Bertz CT molecular complexity index is 561. The van der Waals surface area contributed by atoms with Crippen molar-refractivity contribution < 1.29 is 19.4 Å². The van der Waals surface area contributed by atoms with Gasteiger partial charge in [0.1, 0.15) is 18.8 Å². The first-order valence-corrected chi connectivity index (χ1v) is 7.07. The number of hydrogen-bond acceptors (Lipinski definition) is 4. The lowest BCUT2D eigenvalue weighted by molar-refractivity contribution is -0.0958. The van der Waals surface area contributed by atoms with E-state index in [-0.39, 0.29) is 5.91 Å². The number of β-amino-alcohol motifs (C(OH)–C–C–N with tert-alkyl or cyclic N) is 1. The molecule has 1 amide bonds. The fraction of sp³-hybridized carbons (Fsp3) is 0.533. The van der Waals surface area contributed by atoms with Gasteiger partial charge >= 0.3 is 0 Å². The Hall–Kier alpha value is -1.75. The molecule has 0 unspecified atom stereocenters. The molecule has 2 aliphatic heterocycles. The molecule has 3 aliphatic rings. The summed E-state index contributed by atoms with van der Waals surface area (Å²) in [5.41, 5.74) is -0.0455. The van der Waals surface area contributed by atoms with Crippen LogP contribution in [0.1, 0.15) is 23.2 Å². The largest absolute Gasteiger partial charge is 0.486 e. The average Bonchev–Trinajstić information content (AvgIpc) is 3.27. The van der Waals surface area contributed by atoms with Crippen molar-refractivity contribution in [3.05, 3.63) is 23.8 Å². The van der Waals surface area contributed by atoms with E-state index in [0.29, 0.717) is 49.3 Å². The number of aliphatic hydroxyl groups is 1. The van der Waals surface area contributed by atoms with E-state index in [0.717, 1.165) is 12.8 Å². The zero-order valence-corrected chi connectivity index (χ0v) is 11.2. The molecule has 1 aromatic carbocycles. The van der Waals surface area contributed by atoms with Crippen LogP contribution >= 0.6 is 0 Å². The predicted octanol–water partition coefficient (Wildman–Crippen LogP) is 1.05. The first-order valence-electron chi connectivity index (χ1n) is 7.07. The molecule has 5 nitrogen and oxygen atoms in total. The summed E-state index contributed by atoms with van der Waals surface area (Å²) in [6, 6.07) is 5.25. The third-order valence-electron chi connectivity index (χ3n) is 4.34. The minimum atomic E-state index is -0.635. The lowest BCUT2D eigenvalue weighted by Crippen LogP contribution is -2.64. The van der Waals surface area contributed by atoms with Gasteiger partial charge in [0.2, 0.25) is 0 Å². The maximum absolute atomic E-state index is 12.4. The molecule has 0 spiro atoms. The summed E-state index contributed by atoms with van der Waals surface area (Å²) in [5.74, 6) is 1.66. The maximum atomic E-state index is 12.4. The van der Waals surface area contributed by atoms with Crippen LogP contribution in [0.5, 0.6) is 11.5 Å². The maximum Gasteiger partial charge on any atom is 0.254 e. The van der Waals surface area contributed by atoms with Gasteiger partial charge in [-0.05, 0) is 37.0 Å². The molecule has 106 valence electrons. The fourth-order valence-corrected chi connectivity index (χ4v) is 3.00. The molecule has 1 saturated carbocycles. The lowest BCUT2D eigenvalue weighted by Gasteiger charge is -2.47. The normalized spacial score (nSPS) is 23.1. The van der Waals surface area contributed by atoms with Crippen molar-refractivity contribution in [3.8, 4) is 11.5 Å². The summed E-state index contributed by atoms with van der Waals surface area (Å²) in [4.78, 5) is 14.1. The Kier molecular flexibility index (Phi) is 2.48. The summed E-state index contributed by atoms with van der Waals surface area (Å²) in [5, 5.41) is 10.3. The second-order valence-electron chi connectivity index (χ2n) is 5.90. The van der Waals surface area contributed by atoms with Gasteiger partial charge in [-0.25, -0.2) is 0 Å². The van der Waals surface area contributed by atoms with E-state index < -0.39 is 5.60 Å². The van der Waals surface area contributed by atoms with Gasteiger partial charge in [0, 0.05) is 5.56 Å². The Balaban J connectivity index is 1.49. The van der Waals surface area contributed by atoms with Crippen LogP contribution in [0.2, 0.25) is 0 Å². The first-order chi connectivity index (χ1) is 9.66. The third-order valence-corrected chi connectivity index (χ3v) is 4.34. The number of ether oxygens (including phenoxy) is 2. The number of nitrogens with zero attached hydrogens (tertiary/aromatic N) is 1. The minimum absolute atomic E-state index is 0.0488. The molecule has 1 saturated heterocycles. The molecule has 1 N–H and O–H groups in total. The summed E-state index contributed by atoms with van der Waals surface area (Å²) in [6.45, 7) is 1.95. The molecule has 0 bridgehead atoms. The lowest BCUT2D eigenvalue weighted by atomic mass is 9.88. The molecular formula is C15H17NO4. The van der Waals surface area contributed by atoms with Gasteiger partial charge < -0.3 is 19.5 Å². The standard InChI is InChI=1S/C15H17NO4/c17-14(16-8-15(18,9-16)11-2-3-11)10-1-4-12-13(7-10)20-6-5-19-12/h1,4,7,11,18H,2-3,5-6,8-9H2. The molecule has 1 aliphatic carbocycles. The summed E-state index contributed by atoms with van der Waals surface area (Å²) in [6.07, 6.45) is 2.17. The molecule has 20 heavy (non-hydrogen) atoms. The van der Waals surface area contributed by atoms with E-state index in [4.69, 9.17) is 9.47 Å².